The summed E-state index contributed by atoms with van der Waals surface area (Å²) in [5, 5.41) is 0.552. The maximum Gasteiger partial charge on any atom is 0.299 e. The number of hydrogen-bond acceptors (Lipinski definition) is 3. The smallest absolute Gasteiger partial charge is 0.299 e. The molecule has 0 N–H and O–H groups in total. The number of para-hydroxylation sites is 1. The molecule has 0 aliphatic carbocycles. The first-order chi connectivity index (χ1) is 11.5. The maximum atomic E-state index is 12.2. The number of hydrogen-bond donors (Lipinski definition) is 0. The first-order valence-electron chi connectivity index (χ1n) is 7.52. The molecular weight excluding hydrogens is 394 g/mol. The van der Waals surface area contributed by atoms with Gasteiger partial charge in [0.15, 0.2) is 0 Å². The third-order valence-corrected chi connectivity index (χ3v) is 4.61. The van der Waals surface area contributed by atoms with E-state index in [0.29, 0.717) is 41.6 Å². The summed E-state index contributed by atoms with van der Waals surface area (Å²) in [5.41, 5.74) is 2.05. The van der Waals surface area contributed by atoms with Crippen molar-refractivity contribution in [2.45, 2.75) is 13.3 Å². The van der Waals surface area contributed by atoms with Crippen molar-refractivity contribution in [1.29, 1.82) is 0 Å². The molecular formula is C18H15BrClNO3. The highest BCUT2D eigenvalue weighted by molar-refractivity contribution is 9.10. The number of carbonyl (C=O) groups excluding carboxylic acids is 2. The molecule has 4 nitrogen and oxygen atoms in total. The van der Waals surface area contributed by atoms with E-state index in [4.69, 9.17) is 16.3 Å². The predicted octanol–water partition coefficient (Wildman–Crippen LogP) is 4.41. The van der Waals surface area contributed by atoms with E-state index in [0.717, 1.165) is 10.0 Å². The Morgan fingerprint density at radius 3 is 2.71 bits per heavy atom. The van der Waals surface area contributed by atoms with Crippen molar-refractivity contribution < 1.29 is 14.3 Å². The van der Waals surface area contributed by atoms with Gasteiger partial charge in [-0.2, -0.15) is 0 Å². The minimum atomic E-state index is -0.482. The van der Waals surface area contributed by atoms with Crippen molar-refractivity contribution in [2.75, 3.05) is 18.1 Å². The minimum absolute atomic E-state index is 0.409. The largest absolute Gasteiger partial charge is 0.492 e. The van der Waals surface area contributed by atoms with Gasteiger partial charge in [0.25, 0.3) is 11.7 Å². The van der Waals surface area contributed by atoms with Gasteiger partial charge in [0.1, 0.15) is 5.75 Å². The first-order valence-corrected chi connectivity index (χ1v) is 8.70. The Hall–Kier alpha value is -1.85. The molecule has 3 rings (SSSR count). The molecule has 1 aliphatic heterocycles. The number of Topliss-reactive ketones (excluding diaryl/α,β-unsaturated/α-hetero) is 1. The van der Waals surface area contributed by atoms with Gasteiger partial charge in [-0.1, -0.05) is 39.7 Å². The van der Waals surface area contributed by atoms with Crippen molar-refractivity contribution in [3.8, 4) is 5.75 Å². The third kappa shape index (κ3) is 3.19. The summed E-state index contributed by atoms with van der Waals surface area (Å²) in [6, 6.07) is 10.8. The highest BCUT2D eigenvalue weighted by Crippen LogP contribution is 2.35. The Bertz CT molecular complexity index is 822. The van der Waals surface area contributed by atoms with Gasteiger partial charge in [0.2, 0.25) is 0 Å². The van der Waals surface area contributed by atoms with Crippen LogP contribution in [0.1, 0.15) is 22.3 Å². The predicted molar refractivity (Wildman–Crippen MR) is 97.1 cm³/mol. The zero-order valence-electron chi connectivity index (χ0n) is 13.0. The molecule has 0 fully saturated rings. The first kappa shape index (κ1) is 17.0. The van der Waals surface area contributed by atoms with Gasteiger partial charge in [0.05, 0.1) is 22.9 Å². The van der Waals surface area contributed by atoms with Crippen LogP contribution in [0.25, 0.3) is 0 Å². The number of benzene rings is 2. The fraction of sp³-hybridized carbons (Fsp3) is 0.222. The van der Waals surface area contributed by atoms with Crippen LogP contribution in [0.3, 0.4) is 0 Å². The quantitative estimate of drug-likeness (QED) is 0.544. The maximum absolute atomic E-state index is 12.2. The van der Waals surface area contributed by atoms with Gasteiger partial charge in [-0.3, -0.25) is 9.59 Å². The van der Waals surface area contributed by atoms with Crippen LogP contribution in [0.4, 0.5) is 5.69 Å². The Balaban J connectivity index is 1.68. The molecule has 6 heteroatoms. The summed E-state index contributed by atoms with van der Waals surface area (Å²) in [4.78, 5) is 25.9. The Morgan fingerprint density at radius 1 is 1.21 bits per heavy atom. The second-order valence-corrected chi connectivity index (χ2v) is 6.86. The van der Waals surface area contributed by atoms with E-state index in [9.17, 15) is 9.59 Å². The second kappa shape index (κ2) is 6.95. The van der Waals surface area contributed by atoms with E-state index in [-0.39, 0.29) is 0 Å². The number of rotatable bonds is 5. The average molecular weight is 409 g/mol. The number of ether oxygens (including phenoxy) is 1. The van der Waals surface area contributed by atoms with E-state index in [2.05, 4.69) is 15.9 Å². The standard InChI is InChI=1S/C18H15BrClNO3/c1-11-9-12(19)10-13-16(11)21(18(23)17(13)22)7-4-8-24-15-6-3-2-5-14(15)20/h2-3,5-6,9-10H,4,7-8H2,1H3. The highest BCUT2D eigenvalue weighted by Gasteiger charge is 2.36. The molecule has 0 bridgehead atoms. The lowest BCUT2D eigenvalue weighted by Crippen LogP contribution is -2.31. The summed E-state index contributed by atoms with van der Waals surface area (Å²) in [5.74, 6) is -0.325. The van der Waals surface area contributed by atoms with E-state index < -0.39 is 11.7 Å². The molecule has 124 valence electrons. The third-order valence-electron chi connectivity index (χ3n) is 3.84. The number of halogens is 2. The SMILES string of the molecule is Cc1cc(Br)cc2c1N(CCCOc1ccccc1Cl)C(=O)C2=O. The van der Waals surface area contributed by atoms with E-state index in [1.165, 1.54) is 4.90 Å². The summed E-state index contributed by atoms with van der Waals surface area (Å²) < 4.78 is 6.43. The topological polar surface area (TPSA) is 46.6 Å². The lowest BCUT2D eigenvalue weighted by molar-refractivity contribution is -0.114. The van der Waals surface area contributed by atoms with Crippen LogP contribution in [0, 0.1) is 6.92 Å². The van der Waals surface area contributed by atoms with Gasteiger partial charge in [-0.25, -0.2) is 0 Å². The Morgan fingerprint density at radius 2 is 1.96 bits per heavy atom. The van der Waals surface area contributed by atoms with Crippen LogP contribution in [0.2, 0.25) is 5.02 Å². The van der Waals surface area contributed by atoms with Crippen LogP contribution in [-0.2, 0) is 4.79 Å². The van der Waals surface area contributed by atoms with Crippen molar-refractivity contribution in [3.05, 3.63) is 57.0 Å². The summed E-state index contributed by atoms with van der Waals surface area (Å²) in [7, 11) is 0. The molecule has 2 aromatic rings. The van der Waals surface area contributed by atoms with Crippen LogP contribution < -0.4 is 9.64 Å². The number of nitrogens with zero attached hydrogens (tertiary/aromatic N) is 1. The van der Waals surface area contributed by atoms with Gasteiger partial charge in [-0.05, 0) is 43.2 Å². The van der Waals surface area contributed by atoms with Crippen LogP contribution in [-0.4, -0.2) is 24.8 Å². The fourth-order valence-electron chi connectivity index (χ4n) is 2.79. The van der Waals surface area contributed by atoms with Gasteiger partial charge >= 0.3 is 0 Å². The van der Waals surface area contributed by atoms with Gasteiger partial charge in [0, 0.05) is 11.0 Å². The average Bonchev–Trinajstić information content (AvgIpc) is 2.78. The lowest BCUT2D eigenvalue weighted by atomic mass is 10.1. The summed E-state index contributed by atoms with van der Waals surface area (Å²) in [6.07, 6.45) is 0.596. The van der Waals surface area contributed by atoms with Gasteiger partial charge in [-0.15, -0.1) is 0 Å². The second-order valence-electron chi connectivity index (χ2n) is 5.54. The van der Waals surface area contributed by atoms with E-state index in [1.807, 2.05) is 25.1 Å². The van der Waals surface area contributed by atoms with Crippen LogP contribution >= 0.6 is 27.5 Å². The zero-order chi connectivity index (χ0) is 17.3. The molecule has 2 aromatic carbocycles. The normalized spacial score (nSPS) is 13.4. The van der Waals surface area contributed by atoms with E-state index >= 15 is 0 Å². The molecule has 1 heterocycles. The fourth-order valence-corrected chi connectivity index (χ4v) is 3.55. The molecule has 0 saturated carbocycles. The molecule has 24 heavy (non-hydrogen) atoms. The number of carbonyl (C=O) groups is 2. The molecule has 0 atom stereocenters. The van der Waals surface area contributed by atoms with Crippen molar-refractivity contribution in [2.24, 2.45) is 0 Å². The minimum Gasteiger partial charge on any atom is -0.492 e. The summed E-state index contributed by atoms with van der Waals surface area (Å²) in [6.45, 7) is 2.72. The van der Waals surface area contributed by atoms with E-state index in [1.54, 1.807) is 18.2 Å². The molecule has 1 aliphatic rings. The number of fused-ring (bicyclic) bond motifs is 1. The molecule has 1 amide bonds. The number of ketones is 1. The monoisotopic (exact) mass is 407 g/mol. The molecule has 0 spiro atoms. The molecule has 0 aromatic heterocycles. The van der Waals surface area contributed by atoms with Crippen molar-refractivity contribution in [1.82, 2.24) is 0 Å². The lowest BCUT2D eigenvalue weighted by Gasteiger charge is -2.18. The Labute approximate surface area is 153 Å². The molecule has 0 saturated heterocycles. The van der Waals surface area contributed by atoms with Gasteiger partial charge < -0.3 is 9.64 Å². The van der Waals surface area contributed by atoms with Crippen LogP contribution in [0.15, 0.2) is 40.9 Å². The highest BCUT2D eigenvalue weighted by atomic mass is 79.9. The molecule has 0 radical (unpaired) electrons. The summed E-state index contributed by atoms with van der Waals surface area (Å²) >= 11 is 9.40. The van der Waals surface area contributed by atoms with Crippen molar-refractivity contribution in [3.63, 3.8) is 0 Å². The van der Waals surface area contributed by atoms with Crippen LogP contribution in [0.5, 0.6) is 5.75 Å². The number of amides is 1. The number of anilines is 1. The molecule has 0 unspecified atom stereocenters. The van der Waals surface area contributed by atoms with Crippen molar-refractivity contribution >= 4 is 44.9 Å². The Kier molecular flexibility index (Phi) is 4.92. The zero-order valence-corrected chi connectivity index (χ0v) is 15.4. The number of aryl methyl sites for hydroxylation is 1.